The molecule has 0 spiro atoms. The molecule has 0 saturated carbocycles. The van der Waals surface area contributed by atoms with E-state index in [4.69, 9.17) is 0 Å². The third-order valence-corrected chi connectivity index (χ3v) is 2.41. The van der Waals surface area contributed by atoms with Gasteiger partial charge in [-0.1, -0.05) is 0 Å². The largest absolute Gasteiger partial charge is 0.356 e. The molecule has 1 N–H and O–H groups in total. The second kappa shape index (κ2) is 6.83. The van der Waals surface area contributed by atoms with Crippen LogP contribution >= 0.6 is 0 Å². The van der Waals surface area contributed by atoms with Crippen molar-refractivity contribution < 1.29 is 18.4 Å². The number of carbonyl (C=O) groups is 2. The standard InChI is InChI=1S/C13H15F2NO2/c1-2-16-13(18)5-3-4-12(17)10-8-9(14)6-7-11(10)15/h6-8H,2-5H2,1H3,(H,16,18). The van der Waals surface area contributed by atoms with Gasteiger partial charge in [0.25, 0.3) is 0 Å². The van der Waals surface area contributed by atoms with E-state index in [2.05, 4.69) is 5.32 Å². The van der Waals surface area contributed by atoms with Crippen LogP contribution in [0.4, 0.5) is 8.78 Å². The van der Waals surface area contributed by atoms with Gasteiger partial charge in [-0.15, -0.1) is 0 Å². The highest BCUT2D eigenvalue weighted by molar-refractivity contribution is 5.96. The highest BCUT2D eigenvalue weighted by atomic mass is 19.1. The molecule has 0 aliphatic heterocycles. The lowest BCUT2D eigenvalue weighted by Gasteiger charge is -2.03. The first kappa shape index (κ1) is 14.3. The Kier molecular flexibility index (Phi) is 5.42. The zero-order valence-corrected chi connectivity index (χ0v) is 10.1. The van der Waals surface area contributed by atoms with E-state index in [1.54, 1.807) is 6.92 Å². The minimum absolute atomic E-state index is 0.0253. The summed E-state index contributed by atoms with van der Waals surface area (Å²) in [6.45, 7) is 2.33. The second-order valence-electron chi connectivity index (χ2n) is 3.85. The zero-order valence-electron chi connectivity index (χ0n) is 10.1. The molecule has 0 unspecified atom stereocenters. The van der Waals surface area contributed by atoms with E-state index < -0.39 is 17.4 Å². The molecule has 5 heteroatoms. The summed E-state index contributed by atoms with van der Waals surface area (Å²) in [5.41, 5.74) is -0.258. The number of hydrogen-bond donors (Lipinski definition) is 1. The van der Waals surface area contributed by atoms with E-state index in [-0.39, 0.29) is 24.3 Å². The summed E-state index contributed by atoms with van der Waals surface area (Å²) in [6, 6.07) is 2.76. The highest BCUT2D eigenvalue weighted by Crippen LogP contribution is 2.13. The number of hydrogen-bond acceptors (Lipinski definition) is 2. The molecule has 0 fully saturated rings. The Bertz CT molecular complexity index is 447. The van der Waals surface area contributed by atoms with E-state index in [1.165, 1.54) is 0 Å². The van der Waals surface area contributed by atoms with E-state index in [1.807, 2.05) is 0 Å². The maximum Gasteiger partial charge on any atom is 0.219 e. The minimum atomic E-state index is -0.737. The van der Waals surface area contributed by atoms with Crippen molar-refractivity contribution in [1.82, 2.24) is 5.32 Å². The summed E-state index contributed by atoms with van der Waals surface area (Å²) >= 11 is 0. The van der Waals surface area contributed by atoms with Crippen molar-refractivity contribution in [2.75, 3.05) is 6.54 Å². The van der Waals surface area contributed by atoms with Gasteiger partial charge in [-0.3, -0.25) is 9.59 Å². The average Bonchev–Trinajstić information content (AvgIpc) is 2.32. The van der Waals surface area contributed by atoms with Crippen LogP contribution in [0, 0.1) is 11.6 Å². The van der Waals surface area contributed by atoms with Crippen molar-refractivity contribution in [3.8, 4) is 0 Å². The fraction of sp³-hybridized carbons (Fsp3) is 0.385. The van der Waals surface area contributed by atoms with Gasteiger partial charge < -0.3 is 5.32 Å². The zero-order chi connectivity index (χ0) is 13.5. The molecule has 0 radical (unpaired) electrons. The Morgan fingerprint density at radius 1 is 1.22 bits per heavy atom. The Balaban J connectivity index is 2.50. The summed E-state index contributed by atoms with van der Waals surface area (Å²) < 4.78 is 26.1. The predicted octanol–water partition coefficient (Wildman–Crippen LogP) is 2.45. The predicted molar refractivity (Wildman–Crippen MR) is 63.2 cm³/mol. The number of amides is 1. The van der Waals surface area contributed by atoms with Crippen molar-refractivity contribution >= 4 is 11.7 Å². The quantitative estimate of drug-likeness (QED) is 0.794. The monoisotopic (exact) mass is 255 g/mol. The van der Waals surface area contributed by atoms with Crippen LogP contribution in [0.5, 0.6) is 0 Å². The van der Waals surface area contributed by atoms with E-state index >= 15 is 0 Å². The molecule has 0 bridgehead atoms. The summed E-state index contributed by atoms with van der Waals surface area (Å²) in [7, 11) is 0. The van der Waals surface area contributed by atoms with Gasteiger partial charge in [0.15, 0.2) is 5.78 Å². The molecule has 0 aliphatic rings. The van der Waals surface area contributed by atoms with Crippen molar-refractivity contribution in [1.29, 1.82) is 0 Å². The minimum Gasteiger partial charge on any atom is -0.356 e. The van der Waals surface area contributed by atoms with Gasteiger partial charge in [-0.05, 0) is 31.5 Å². The number of benzene rings is 1. The molecular weight excluding hydrogens is 240 g/mol. The van der Waals surface area contributed by atoms with Crippen molar-refractivity contribution in [2.24, 2.45) is 0 Å². The number of carbonyl (C=O) groups excluding carboxylic acids is 2. The second-order valence-corrected chi connectivity index (χ2v) is 3.85. The topological polar surface area (TPSA) is 46.2 Å². The molecule has 1 amide bonds. The van der Waals surface area contributed by atoms with Crippen molar-refractivity contribution in [3.05, 3.63) is 35.4 Å². The van der Waals surface area contributed by atoms with Gasteiger partial charge in [0.05, 0.1) is 5.56 Å². The Hall–Kier alpha value is -1.78. The normalized spacial score (nSPS) is 10.2. The van der Waals surface area contributed by atoms with Gasteiger partial charge in [0, 0.05) is 19.4 Å². The van der Waals surface area contributed by atoms with Gasteiger partial charge in [-0.25, -0.2) is 8.78 Å². The van der Waals surface area contributed by atoms with Crippen LogP contribution in [0.25, 0.3) is 0 Å². The molecule has 98 valence electrons. The lowest BCUT2D eigenvalue weighted by atomic mass is 10.0. The third kappa shape index (κ3) is 4.24. The fourth-order valence-electron chi connectivity index (χ4n) is 1.54. The molecule has 1 aromatic carbocycles. The number of rotatable bonds is 6. The first-order valence-electron chi connectivity index (χ1n) is 5.79. The Morgan fingerprint density at radius 2 is 1.94 bits per heavy atom. The highest BCUT2D eigenvalue weighted by Gasteiger charge is 2.13. The molecule has 0 heterocycles. The molecule has 0 saturated heterocycles. The van der Waals surface area contributed by atoms with Crippen LogP contribution < -0.4 is 5.32 Å². The lowest BCUT2D eigenvalue weighted by Crippen LogP contribution is -2.22. The van der Waals surface area contributed by atoms with Gasteiger partial charge in [0.2, 0.25) is 5.91 Å². The molecule has 18 heavy (non-hydrogen) atoms. The molecular formula is C13H15F2NO2. The van der Waals surface area contributed by atoms with Crippen molar-refractivity contribution in [2.45, 2.75) is 26.2 Å². The number of halogens is 2. The van der Waals surface area contributed by atoms with Gasteiger partial charge in [-0.2, -0.15) is 0 Å². The molecule has 1 rings (SSSR count). The molecule has 1 aromatic rings. The van der Waals surface area contributed by atoms with E-state index in [0.717, 1.165) is 18.2 Å². The summed E-state index contributed by atoms with van der Waals surface area (Å²) in [6.07, 6.45) is 0.550. The molecule has 0 aromatic heterocycles. The van der Waals surface area contributed by atoms with Crippen LogP contribution in [-0.2, 0) is 4.79 Å². The van der Waals surface area contributed by atoms with Gasteiger partial charge >= 0.3 is 0 Å². The Morgan fingerprint density at radius 3 is 2.61 bits per heavy atom. The summed E-state index contributed by atoms with van der Waals surface area (Å²) in [4.78, 5) is 22.7. The summed E-state index contributed by atoms with van der Waals surface area (Å²) in [5.74, 6) is -2.02. The number of Topliss-reactive ketones (excluding diaryl/α,β-unsaturated/α-hetero) is 1. The van der Waals surface area contributed by atoms with Crippen LogP contribution in [-0.4, -0.2) is 18.2 Å². The van der Waals surface area contributed by atoms with Crippen molar-refractivity contribution in [3.63, 3.8) is 0 Å². The molecule has 0 atom stereocenters. The van der Waals surface area contributed by atoms with Crippen LogP contribution in [0.15, 0.2) is 18.2 Å². The molecule has 0 aliphatic carbocycles. The maximum absolute atomic E-state index is 13.3. The smallest absolute Gasteiger partial charge is 0.219 e. The van der Waals surface area contributed by atoms with E-state index in [9.17, 15) is 18.4 Å². The van der Waals surface area contributed by atoms with E-state index in [0.29, 0.717) is 13.0 Å². The number of nitrogens with one attached hydrogen (secondary N) is 1. The van der Waals surface area contributed by atoms with Gasteiger partial charge in [0.1, 0.15) is 11.6 Å². The lowest BCUT2D eigenvalue weighted by molar-refractivity contribution is -0.121. The van der Waals surface area contributed by atoms with Crippen LogP contribution in [0.3, 0.4) is 0 Å². The Labute approximate surface area is 104 Å². The molecule has 3 nitrogen and oxygen atoms in total. The maximum atomic E-state index is 13.3. The van der Waals surface area contributed by atoms with Crippen LogP contribution in [0.2, 0.25) is 0 Å². The first-order chi connectivity index (χ1) is 8.54. The summed E-state index contributed by atoms with van der Waals surface area (Å²) in [5, 5.41) is 2.60. The SMILES string of the molecule is CCNC(=O)CCCC(=O)c1cc(F)ccc1F. The fourth-order valence-corrected chi connectivity index (χ4v) is 1.54. The first-order valence-corrected chi connectivity index (χ1v) is 5.79. The van der Waals surface area contributed by atoms with Crippen LogP contribution in [0.1, 0.15) is 36.5 Å². The number of ketones is 1. The average molecular weight is 255 g/mol. The third-order valence-electron chi connectivity index (χ3n) is 2.41.